The van der Waals surface area contributed by atoms with Gasteiger partial charge in [-0.25, -0.2) is 8.78 Å². The number of fused-ring (bicyclic) bond motifs is 2. The van der Waals surface area contributed by atoms with Gasteiger partial charge in [0.05, 0.1) is 7.11 Å². The topological polar surface area (TPSA) is 51.2 Å². The van der Waals surface area contributed by atoms with Crippen LogP contribution in [0, 0.1) is 0 Å². The molecule has 1 N–H and O–H groups in total. The summed E-state index contributed by atoms with van der Waals surface area (Å²) < 4.78 is 43.1. The number of hydrogen-bond donors (Lipinski definition) is 1. The lowest BCUT2D eigenvalue weighted by atomic mass is 9.84. The number of likely N-dealkylation sites (N-methyl/N-ethyl adjacent to an activating group) is 1. The van der Waals surface area contributed by atoms with Gasteiger partial charge in [0.25, 0.3) is 6.43 Å². The Morgan fingerprint density at radius 1 is 1.27 bits per heavy atom. The molecule has 0 spiro atoms. The monoisotopic (exact) mass is 315 g/mol. The van der Waals surface area contributed by atoms with E-state index in [4.69, 9.17) is 14.2 Å². The van der Waals surface area contributed by atoms with E-state index >= 15 is 0 Å². The minimum atomic E-state index is -2.93. The summed E-state index contributed by atoms with van der Waals surface area (Å²) in [6.45, 7) is 2.29. The maximum atomic E-state index is 13.4. The molecule has 0 amide bonds. The van der Waals surface area contributed by atoms with Crippen LogP contribution in [0.2, 0.25) is 0 Å². The lowest BCUT2D eigenvalue weighted by Gasteiger charge is -2.33. The van der Waals surface area contributed by atoms with E-state index in [1.165, 1.54) is 7.11 Å². The molecule has 22 heavy (non-hydrogen) atoms. The Morgan fingerprint density at radius 3 is 2.59 bits per heavy atom. The number of ether oxygens (including phenoxy) is 3. The molecule has 3 rings (SSSR count). The van der Waals surface area contributed by atoms with Gasteiger partial charge in [-0.1, -0.05) is 0 Å². The van der Waals surface area contributed by atoms with E-state index in [2.05, 4.69) is 4.90 Å². The normalized spacial score (nSPS) is 20.0. The van der Waals surface area contributed by atoms with Crippen molar-refractivity contribution in [1.29, 1.82) is 0 Å². The van der Waals surface area contributed by atoms with Crippen molar-refractivity contribution < 1.29 is 28.1 Å². The molecule has 7 heteroatoms. The van der Waals surface area contributed by atoms with Gasteiger partial charge in [0.2, 0.25) is 12.5 Å². The Labute approximate surface area is 127 Å². The van der Waals surface area contributed by atoms with Gasteiger partial charge in [-0.15, -0.1) is 0 Å². The van der Waals surface area contributed by atoms with Gasteiger partial charge in [-0.3, -0.25) is 0 Å². The molecule has 0 bridgehead atoms. The van der Waals surface area contributed by atoms with Crippen LogP contribution in [0.5, 0.6) is 17.2 Å². The molecule has 0 unspecified atom stereocenters. The first-order valence-corrected chi connectivity index (χ1v) is 7.08. The van der Waals surface area contributed by atoms with Crippen LogP contribution in [0.3, 0.4) is 0 Å². The lowest BCUT2D eigenvalue weighted by Crippen LogP contribution is -2.35. The number of rotatable bonds is 3. The SMILES string of the molecule is COc1c2c(c([C@](C)(O)C(F)F)c3c1OCO3)CCN(C)C2. The average molecular weight is 315 g/mol. The summed E-state index contributed by atoms with van der Waals surface area (Å²) >= 11 is 0. The Hall–Kier alpha value is -1.60. The summed E-state index contributed by atoms with van der Waals surface area (Å²) in [5.74, 6) is 0.973. The predicted molar refractivity (Wildman–Crippen MR) is 74.7 cm³/mol. The van der Waals surface area contributed by atoms with Crippen molar-refractivity contribution in [2.75, 3.05) is 27.5 Å². The first-order valence-electron chi connectivity index (χ1n) is 7.08. The van der Waals surface area contributed by atoms with E-state index < -0.39 is 12.0 Å². The van der Waals surface area contributed by atoms with Gasteiger partial charge in [-0.05, 0) is 26.0 Å². The molecule has 0 aliphatic carbocycles. The van der Waals surface area contributed by atoms with Crippen LogP contribution >= 0.6 is 0 Å². The zero-order valence-corrected chi connectivity index (χ0v) is 12.8. The summed E-state index contributed by atoms with van der Waals surface area (Å²) in [4.78, 5) is 2.06. The van der Waals surface area contributed by atoms with Crippen LogP contribution in [-0.2, 0) is 18.6 Å². The van der Waals surface area contributed by atoms with Gasteiger partial charge in [0.1, 0.15) is 0 Å². The quantitative estimate of drug-likeness (QED) is 0.923. The number of hydrogen-bond acceptors (Lipinski definition) is 5. The van der Waals surface area contributed by atoms with Crippen molar-refractivity contribution in [2.24, 2.45) is 0 Å². The molecule has 0 fully saturated rings. The van der Waals surface area contributed by atoms with E-state index in [0.717, 1.165) is 12.5 Å². The summed E-state index contributed by atoms with van der Waals surface area (Å²) in [6, 6.07) is 0. The predicted octanol–water partition coefficient (Wildman–Crippen LogP) is 1.88. The average Bonchev–Trinajstić information content (AvgIpc) is 2.92. The summed E-state index contributed by atoms with van der Waals surface area (Å²) in [5, 5.41) is 10.4. The molecular weight excluding hydrogens is 296 g/mol. The first kappa shape index (κ1) is 15.3. The van der Waals surface area contributed by atoms with Gasteiger partial charge in [-0.2, -0.15) is 0 Å². The minimum Gasteiger partial charge on any atom is -0.492 e. The minimum absolute atomic E-state index is 0.0727. The number of alkyl halides is 2. The van der Waals surface area contributed by atoms with Crippen LogP contribution in [0.1, 0.15) is 23.6 Å². The van der Waals surface area contributed by atoms with Crippen LogP contribution in [0.25, 0.3) is 0 Å². The second-order valence-electron chi connectivity index (χ2n) is 5.87. The maximum Gasteiger partial charge on any atom is 0.270 e. The molecule has 122 valence electrons. The van der Waals surface area contributed by atoms with E-state index in [1.807, 2.05) is 7.05 Å². The third-order valence-corrected chi connectivity index (χ3v) is 4.29. The molecule has 1 atom stereocenters. The summed E-state index contributed by atoms with van der Waals surface area (Å²) in [5.41, 5.74) is -0.732. The van der Waals surface area contributed by atoms with E-state index in [1.54, 1.807) is 0 Å². The zero-order valence-electron chi connectivity index (χ0n) is 12.8. The van der Waals surface area contributed by atoms with Crippen molar-refractivity contribution in [2.45, 2.75) is 31.9 Å². The molecule has 1 aromatic carbocycles. The highest BCUT2D eigenvalue weighted by molar-refractivity contribution is 5.66. The number of methoxy groups -OCH3 is 1. The Balaban J connectivity index is 2.31. The molecule has 0 saturated carbocycles. The van der Waals surface area contributed by atoms with Crippen molar-refractivity contribution in [1.82, 2.24) is 4.90 Å². The van der Waals surface area contributed by atoms with Gasteiger partial charge < -0.3 is 24.2 Å². The van der Waals surface area contributed by atoms with Crippen molar-refractivity contribution >= 4 is 0 Å². The highest BCUT2D eigenvalue weighted by Gasteiger charge is 2.44. The van der Waals surface area contributed by atoms with Crippen LogP contribution in [-0.4, -0.2) is 43.9 Å². The van der Waals surface area contributed by atoms with Crippen LogP contribution in [0.4, 0.5) is 8.78 Å². The largest absolute Gasteiger partial charge is 0.492 e. The summed E-state index contributed by atoms with van der Waals surface area (Å²) in [7, 11) is 3.45. The second kappa shape index (κ2) is 5.24. The fourth-order valence-corrected chi connectivity index (χ4v) is 3.15. The standard InChI is InChI=1S/C15H19F2NO4/c1-15(19,14(16)17)10-8-4-5-18(2)6-9(8)11(20-3)13-12(10)21-7-22-13/h14,19H,4-7H2,1-3H3/t15-/m0/s1. The molecule has 5 nitrogen and oxygen atoms in total. The molecule has 2 aliphatic rings. The fourth-order valence-electron chi connectivity index (χ4n) is 3.15. The Bertz CT molecular complexity index is 604. The Kier molecular flexibility index (Phi) is 3.65. The zero-order chi connectivity index (χ0) is 16.1. The highest BCUT2D eigenvalue weighted by atomic mass is 19.3. The maximum absolute atomic E-state index is 13.4. The smallest absolute Gasteiger partial charge is 0.270 e. The summed E-state index contributed by atoms with van der Waals surface area (Å²) in [6.07, 6.45) is -2.39. The van der Waals surface area contributed by atoms with E-state index in [9.17, 15) is 13.9 Å². The van der Waals surface area contributed by atoms with E-state index in [0.29, 0.717) is 36.6 Å². The Morgan fingerprint density at radius 2 is 1.95 bits per heavy atom. The van der Waals surface area contributed by atoms with Crippen molar-refractivity contribution in [3.63, 3.8) is 0 Å². The molecule has 0 radical (unpaired) electrons. The third kappa shape index (κ3) is 2.11. The molecule has 1 aromatic rings. The number of benzene rings is 1. The number of nitrogens with zero attached hydrogens (tertiary/aromatic N) is 1. The molecular formula is C15H19F2NO4. The second-order valence-corrected chi connectivity index (χ2v) is 5.87. The number of aliphatic hydroxyl groups is 1. The van der Waals surface area contributed by atoms with Gasteiger partial charge >= 0.3 is 0 Å². The number of halogens is 2. The fraction of sp³-hybridized carbons (Fsp3) is 0.600. The van der Waals surface area contributed by atoms with Gasteiger partial charge in [0.15, 0.2) is 17.1 Å². The van der Waals surface area contributed by atoms with Crippen LogP contribution in [0.15, 0.2) is 0 Å². The molecule has 2 heterocycles. The van der Waals surface area contributed by atoms with E-state index in [-0.39, 0.29) is 18.1 Å². The van der Waals surface area contributed by atoms with Crippen molar-refractivity contribution in [3.8, 4) is 17.2 Å². The van der Waals surface area contributed by atoms with Gasteiger partial charge in [0, 0.05) is 24.2 Å². The molecule has 0 saturated heterocycles. The molecule has 0 aromatic heterocycles. The van der Waals surface area contributed by atoms with Crippen LogP contribution < -0.4 is 14.2 Å². The first-order chi connectivity index (χ1) is 10.4. The lowest BCUT2D eigenvalue weighted by molar-refractivity contribution is -0.0901. The highest BCUT2D eigenvalue weighted by Crippen LogP contribution is 2.53. The van der Waals surface area contributed by atoms with Crippen molar-refractivity contribution in [3.05, 3.63) is 16.7 Å². The molecule has 2 aliphatic heterocycles. The third-order valence-electron chi connectivity index (χ3n) is 4.29.